The van der Waals surface area contributed by atoms with Crippen molar-refractivity contribution >= 4 is 28.8 Å². The summed E-state index contributed by atoms with van der Waals surface area (Å²) in [6.07, 6.45) is 0. The summed E-state index contributed by atoms with van der Waals surface area (Å²) in [5.41, 5.74) is 3.03. The molecule has 0 fully saturated rings. The topological polar surface area (TPSA) is 40.6 Å². The largest absolute Gasteiger partial charge is 0.337 e. The Hall–Kier alpha value is -3.66. The van der Waals surface area contributed by atoms with Gasteiger partial charge >= 0.3 is 0 Å². The number of para-hydroxylation sites is 2. The van der Waals surface area contributed by atoms with Crippen LogP contribution in [0.2, 0.25) is 0 Å². The smallest absolute Gasteiger partial charge is 0.282 e. The Morgan fingerprint density at radius 1 is 0.714 bits per heavy atom. The highest BCUT2D eigenvalue weighted by Gasteiger charge is 2.42. The number of carbonyl (C=O) groups is 2. The number of imide groups is 1. The van der Waals surface area contributed by atoms with Gasteiger partial charge in [-0.3, -0.25) is 9.59 Å². The van der Waals surface area contributed by atoms with Crippen molar-refractivity contribution in [1.82, 2.24) is 0 Å². The van der Waals surface area contributed by atoms with Crippen molar-refractivity contribution in [3.8, 4) is 0 Å². The molecule has 0 saturated carbocycles. The molecule has 0 aliphatic carbocycles. The molecular formula is C24H20N2O2. The lowest BCUT2D eigenvalue weighted by atomic mass is 10.0. The molecule has 3 aromatic carbocycles. The number of hydrogen-bond acceptors (Lipinski definition) is 3. The third kappa shape index (κ3) is 2.99. The highest BCUT2D eigenvalue weighted by molar-refractivity contribution is 6.46. The molecule has 0 bridgehead atoms. The van der Waals surface area contributed by atoms with Crippen molar-refractivity contribution in [3.05, 3.63) is 102 Å². The standard InChI is InChI=1S/C24H20N2O2/c1-2-25(19-14-8-4-9-15-19)22-21(18-12-6-3-7-13-18)23(27)26(24(22)28)20-16-10-5-11-17-20/h3-17H,2H2,1H3. The first-order valence-corrected chi connectivity index (χ1v) is 9.28. The maximum atomic E-state index is 13.5. The van der Waals surface area contributed by atoms with E-state index in [-0.39, 0.29) is 11.8 Å². The zero-order valence-electron chi connectivity index (χ0n) is 15.6. The van der Waals surface area contributed by atoms with E-state index in [9.17, 15) is 9.59 Å². The summed E-state index contributed by atoms with van der Waals surface area (Å²) in [6, 6.07) is 28.1. The minimum absolute atomic E-state index is 0.299. The number of nitrogens with zero attached hydrogens (tertiary/aromatic N) is 2. The Bertz CT molecular complexity index is 1030. The summed E-state index contributed by atoms with van der Waals surface area (Å²) in [4.78, 5) is 30.1. The maximum absolute atomic E-state index is 13.5. The molecule has 1 heterocycles. The van der Waals surface area contributed by atoms with E-state index < -0.39 is 0 Å². The molecule has 4 rings (SSSR count). The van der Waals surface area contributed by atoms with E-state index in [1.54, 1.807) is 12.1 Å². The lowest BCUT2D eigenvalue weighted by molar-refractivity contribution is -0.120. The van der Waals surface area contributed by atoms with Crippen LogP contribution in [-0.4, -0.2) is 18.4 Å². The van der Waals surface area contributed by atoms with E-state index in [4.69, 9.17) is 0 Å². The van der Waals surface area contributed by atoms with Gasteiger partial charge in [0, 0.05) is 12.2 Å². The van der Waals surface area contributed by atoms with Crippen LogP contribution in [0.5, 0.6) is 0 Å². The predicted molar refractivity (Wildman–Crippen MR) is 112 cm³/mol. The van der Waals surface area contributed by atoms with Gasteiger partial charge < -0.3 is 4.90 Å². The first-order chi connectivity index (χ1) is 13.7. The van der Waals surface area contributed by atoms with Gasteiger partial charge in [0.1, 0.15) is 5.70 Å². The number of likely N-dealkylation sites (N-methyl/N-ethyl adjacent to an activating group) is 1. The Morgan fingerprint density at radius 3 is 1.82 bits per heavy atom. The van der Waals surface area contributed by atoms with Crippen LogP contribution < -0.4 is 9.80 Å². The van der Waals surface area contributed by atoms with Gasteiger partial charge in [-0.15, -0.1) is 0 Å². The number of anilines is 2. The number of benzene rings is 3. The molecule has 4 heteroatoms. The van der Waals surface area contributed by atoms with Gasteiger partial charge in [0.2, 0.25) is 0 Å². The molecule has 0 radical (unpaired) electrons. The van der Waals surface area contributed by atoms with Gasteiger partial charge in [-0.25, -0.2) is 4.90 Å². The van der Waals surface area contributed by atoms with Gasteiger partial charge in [0.05, 0.1) is 11.3 Å². The quantitative estimate of drug-likeness (QED) is 0.623. The number of carbonyl (C=O) groups excluding carboxylic acids is 2. The van der Waals surface area contributed by atoms with E-state index in [0.717, 1.165) is 11.3 Å². The molecule has 1 aliphatic heterocycles. The minimum atomic E-state index is -0.305. The second-order valence-electron chi connectivity index (χ2n) is 6.45. The summed E-state index contributed by atoms with van der Waals surface area (Å²) in [7, 11) is 0. The van der Waals surface area contributed by atoms with Gasteiger partial charge in [-0.05, 0) is 36.8 Å². The Balaban J connectivity index is 1.91. The number of rotatable bonds is 5. The van der Waals surface area contributed by atoms with Crippen LogP contribution in [0.25, 0.3) is 5.57 Å². The lowest BCUT2D eigenvalue weighted by Gasteiger charge is -2.24. The van der Waals surface area contributed by atoms with Crippen LogP contribution in [0.3, 0.4) is 0 Å². The summed E-state index contributed by atoms with van der Waals surface area (Å²) < 4.78 is 0. The zero-order chi connectivity index (χ0) is 19.5. The molecule has 4 nitrogen and oxygen atoms in total. The molecule has 0 atom stereocenters. The zero-order valence-corrected chi connectivity index (χ0v) is 15.6. The molecule has 0 spiro atoms. The molecule has 3 aromatic rings. The van der Waals surface area contributed by atoms with E-state index in [0.29, 0.717) is 23.5 Å². The first kappa shape index (κ1) is 17.7. The first-order valence-electron chi connectivity index (χ1n) is 9.28. The second-order valence-corrected chi connectivity index (χ2v) is 6.45. The molecule has 0 unspecified atom stereocenters. The van der Waals surface area contributed by atoms with Crippen LogP contribution in [0.1, 0.15) is 12.5 Å². The minimum Gasteiger partial charge on any atom is -0.337 e. The molecular weight excluding hydrogens is 348 g/mol. The fourth-order valence-corrected chi connectivity index (χ4v) is 3.52. The van der Waals surface area contributed by atoms with Crippen LogP contribution >= 0.6 is 0 Å². The predicted octanol–water partition coefficient (Wildman–Crippen LogP) is 4.50. The Kier molecular flexibility index (Phi) is 4.77. The van der Waals surface area contributed by atoms with Crippen molar-refractivity contribution in [1.29, 1.82) is 0 Å². The molecule has 0 N–H and O–H groups in total. The van der Waals surface area contributed by atoms with Gasteiger partial charge in [0.25, 0.3) is 11.8 Å². The third-order valence-corrected chi connectivity index (χ3v) is 4.79. The van der Waals surface area contributed by atoms with Crippen molar-refractivity contribution in [2.24, 2.45) is 0 Å². The third-order valence-electron chi connectivity index (χ3n) is 4.79. The summed E-state index contributed by atoms with van der Waals surface area (Å²) in [5.74, 6) is -0.604. The molecule has 0 aromatic heterocycles. The SMILES string of the molecule is CCN(C1=C(c2ccccc2)C(=O)N(c2ccccc2)C1=O)c1ccccc1. The van der Waals surface area contributed by atoms with Crippen molar-refractivity contribution < 1.29 is 9.59 Å². The second kappa shape index (κ2) is 7.53. The van der Waals surface area contributed by atoms with Gasteiger partial charge in [-0.1, -0.05) is 66.7 Å². The number of hydrogen-bond donors (Lipinski definition) is 0. The Morgan fingerprint density at radius 2 is 1.25 bits per heavy atom. The van der Waals surface area contributed by atoms with E-state index >= 15 is 0 Å². The highest BCUT2D eigenvalue weighted by atomic mass is 16.2. The highest BCUT2D eigenvalue weighted by Crippen LogP contribution is 2.36. The van der Waals surface area contributed by atoms with Crippen LogP contribution in [0.15, 0.2) is 96.7 Å². The monoisotopic (exact) mass is 368 g/mol. The normalized spacial score (nSPS) is 14.0. The summed E-state index contributed by atoms with van der Waals surface area (Å²) >= 11 is 0. The van der Waals surface area contributed by atoms with Crippen molar-refractivity contribution in [3.63, 3.8) is 0 Å². The van der Waals surface area contributed by atoms with E-state index in [1.807, 2.05) is 90.7 Å². The van der Waals surface area contributed by atoms with Crippen LogP contribution in [0.4, 0.5) is 11.4 Å². The molecule has 0 saturated heterocycles. The van der Waals surface area contributed by atoms with Gasteiger partial charge in [0.15, 0.2) is 0 Å². The average Bonchev–Trinajstić information content (AvgIpc) is 3.01. The van der Waals surface area contributed by atoms with E-state index in [1.165, 1.54) is 4.90 Å². The Labute approximate surface area is 164 Å². The summed E-state index contributed by atoms with van der Waals surface area (Å²) in [6.45, 7) is 2.54. The van der Waals surface area contributed by atoms with E-state index in [2.05, 4.69) is 0 Å². The maximum Gasteiger partial charge on any atom is 0.282 e. The van der Waals surface area contributed by atoms with Crippen LogP contribution in [0, 0.1) is 0 Å². The fourth-order valence-electron chi connectivity index (χ4n) is 3.52. The lowest BCUT2D eigenvalue weighted by Crippen LogP contribution is -2.35. The van der Waals surface area contributed by atoms with Crippen LogP contribution in [-0.2, 0) is 9.59 Å². The average molecular weight is 368 g/mol. The summed E-state index contributed by atoms with van der Waals surface area (Å²) in [5, 5.41) is 0. The fraction of sp³-hybridized carbons (Fsp3) is 0.0833. The molecule has 138 valence electrons. The number of amides is 2. The molecule has 1 aliphatic rings. The van der Waals surface area contributed by atoms with Gasteiger partial charge in [-0.2, -0.15) is 0 Å². The van der Waals surface area contributed by atoms with Crippen molar-refractivity contribution in [2.75, 3.05) is 16.3 Å². The van der Waals surface area contributed by atoms with Crippen molar-refractivity contribution in [2.45, 2.75) is 6.92 Å². The molecule has 28 heavy (non-hydrogen) atoms. The molecule has 2 amide bonds.